The summed E-state index contributed by atoms with van der Waals surface area (Å²) < 4.78 is 28.4. The molecule has 0 radical (unpaired) electrons. The Morgan fingerprint density at radius 1 is 1.17 bits per heavy atom. The van der Waals surface area contributed by atoms with E-state index in [2.05, 4.69) is 5.32 Å². The Morgan fingerprint density at radius 2 is 1.88 bits per heavy atom. The number of esters is 1. The maximum absolute atomic E-state index is 12.4. The smallest absolute Gasteiger partial charge is 0.307 e. The van der Waals surface area contributed by atoms with E-state index in [1.165, 1.54) is 0 Å². The molecule has 2 aliphatic rings. The monoisotopic (exact) mass is 351 g/mol. The van der Waals surface area contributed by atoms with Gasteiger partial charge in [0.05, 0.1) is 11.5 Å². The number of rotatable bonds is 6. The third kappa shape index (κ3) is 4.56. The van der Waals surface area contributed by atoms with Gasteiger partial charge in [-0.2, -0.15) is 0 Å². The summed E-state index contributed by atoms with van der Waals surface area (Å²) in [7, 11) is -3.03. The van der Waals surface area contributed by atoms with E-state index in [-0.39, 0.29) is 35.8 Å². The number of benzene rings is 1. The summed E-state index contributed by atoms with van der Waals surface area (Å²) in [5, 5.41) is 2.85. The van der Waals surface area contributed by atoms with E-state index in [0.717, 1.165) is 12.8 Å². The fourth-order valence-corrected chi connectivity index (χ4v) is 4.72. The molecule has 0 bridgehead atoms. The minimum absolute atomic E-state index is 0.0202. The lowest BCUT2D eigenvalue weighted by molar-refractivity contribution is -0.157. The van der Waals surface area contributed by atoms with Crippen LogP contribution in [0.1, 0.15) is 37.4 Å². The standard InChI is InChI=1S/C17H21NO5S/c19-15(10-12-8-9-24(21,22)11-12)23-16(13-4-2-1-3-5-13)17(20)18-14-6-7-14/h1-5,12,14,16H,6-11H2,(H,18,20)/t12-,16+/m1/s1. The second-order valence-electron chi connectivity index (χ2n) is 6.54. The first-order valence-electron chi connectivity index (χ1n) is 8.18. The predicted octanol–water partition coefficient (Wildman–Crippen LogP) is 1.37. The first-order chi connectivity index (χ1) is 11.4. The number of carbonyl (C=O) groups excluding carboxylic acids is 2. The average Bonchev–Trinajstić information content (AvgIpc) is 3.28. The van der Waals surface area contributed by atoms with Crippen molar-refractivity contribution in [2.45, 2.75) is 37.8 Å². The summed E-state index contributed by atoms with van der Waals surface area (Å²) in [6.45, 7) is 0. The molecule has 1 aromatic carbocycles. The van der Waals surface area contributed by atoms with Crippen molar-refractivity contribution in [2.75, 3.05) is 11.5 Å². The number of amides is 1. The van der Waals surface area contributed by atoms with Crippen LogP contribution in [-0.2, 0) is 24.2 Å². The van der Waals surface area contributed by atoms with Crippen LogP contribution >= 0.6 is 0 Å². The highest BCUT2D eigenvalue weighted by Crippen LogP contribution is 2.26. The highest BCUT2D eigenvalue weighted by atomic mass is 32.2. The third-order valence-corrected chi connectivity index (χ3v) is 6.13. The largest absolute Gasteiger partial charge is 0.447 e. The van der Waals surface area contributed by atoms with Gasteiger partial charge in [-0.1, -0.05) is 30.3 Å². The fourth-order valence-electron chi connectivity index (χ4n) is 2.85. The molecular formula is C17H21NO5S. The summed E-state index contributed by atoms with van der Waals surface area (Å²) in [5.41, 5.74) is 0.614. The quantitative estimate of drug-likeness (QED) is 0.782. The number of hydrogen-bond acceptors (Lipinski definition) is 5. The van der Waals surface area contributed by atoms with E-state index < -0.39 is 21.9 Å². The molecule has 1 aliphatic carbocycles. The van der Waals surface area contributed by atoms with Crippen LogP contribution in [0.5, 0.6) is 0 Å². The van der Waals surface area contributed by atoms with E-state index in [9.17, 15) is 18.0 Å². The van der Waals surface area contributed by atoms with Crippen LogP contribution in [0.2, 0.25) is 0 Å². The SMILES string of the molecule is O=C(C[C@H]1CCS(=O)(=O)C1)O[C@H](C(=O)NC1CC1)c1ccccc1. The molecule has 1 saturated carbocycles. The minimum atomic E-state index is -3.03. The molecule has 0 spiro atoms. The summed E-state index contributed by atoms with van der Waals surface area (Å²) in [5.74, 6) is -0.930. The molecule has 7 heteroatoms. The topological polar surface area (TPSA) is 89.5 Å². The van der Waals surface area contributed by atoms with Gasteiger partial charge in [0.15, 0.2) is 9.84 Å². The van der Waals surface area contributed by atoms with Crippen LogP contribution in [-0.4, -0.2) is 37.8 Å². The molecule has 6 nitrogen and oxygen atoms in total. The zero-order chi connectivity index (χ0) is 17.2. The molecule has 1 amide bonds. The van der Waals surface area contributed by atoms with Gasteiger partial charge in [0.2, 0.25) is 6.10 Å². The average molecular weight is 351 g/mol. The Hall–Kier alpha value is -1.89. The van der Waals surface area contributed by atoms with Crippen molar-refractivity contribution < 1.29 is 22.7 Å². The van der Waals surface area contributed by atoms with Gasteiger partial charge in [-0.25, -0.2) is 8.42 Å². The Balaban J connectivity index is 1.64. The summed E-state index contributed by atoms with van der Waals surface area (Å²) in [4.78, 5) is 24.6. The summed E-state index contributed by atoms with van der Waals surface area (Å²) >= 11 is 0. The lowest BCUT2D eigenvalue weighted by Gasteiger charge is -2.19. The zero-order valence-corrected chi connectivity index (χ0v) is 14.1. The van der Waals surface area contributed by atoms with E-state index in [1.807, 2.05) is 6.07 Å². The highest BCUT2D eigenvalue weighted by molar-refractivity contribution is 7.91. The number of sulfone groups is 1. The minimum Gasteiger partial charge on any atom is -0.447 e. The first kappa shape index (κ1) is 17.0. The molecule has 1 aliphatic heterocycles. The Labute approximate surface area is 141 Å². The van der Waals surface area contributed by atoms with Gasteiger partial charge in [-0.3, -0.25) is 9.59 Å². The van der Waals surface area contributed by atoms with Gasteiger partial charge >= 0.3 is 5.97 Å². The molecule has 1 saturated heterocycles. The van der Waals surface area contributed by atoms with Crippen LogP contribution in [0.15, 0.2) is 30.3 Å². The van der Waals surface area contributed by atoms with Crippen LogP contribution in [0.3, 0.4) is 0 Å². The molecule has 24 heavy (non-hydrogen) atoms. The van der Waals surface area contributed by atoms with Gasteiger partial charge in [0, 0.05) is 18.0 Å². The predicted molar refractivity (Wildman–Crippen MR) is 87.8 cm³/mol. The second-order valence-corrected chi connectivity index (χ2v) is 8.77. The maximum atomic E-state index is 12.4. The zero-order valence-electron chi connectivity index (χ0n) is 13.3. The molecule has 3 rings (SSSR count). The van der Waals surface area contributed by atoms with Crippen molar-refractivity contribution in [1.82, 2.24) is 5.32 Å². The van der Waals surface area contributed by atoms with Crippen LogP contribution in [0.4, 0.5) is 0 Å². The van der Waals surface area contributed by atoms with Gasteiger partial charge in [0.25, 0.3) is 5.91 Å². The summed E-state index contributed by atoms with van der Waals surface area (Å²) in [6.07, 6.45) is 1.40. The van der Waals surface area contributed by atoms with E-state index >= 15 is 0 Å². The van der Waals surface area contributed by atoms with Crippen molar-refractivity contribution in [3.05, 3.63) is 35.9 Å². The molecule has 1 aromatic rings. The lowest BCUT2D eigenvalue weighted by atomic mass is 10.1. The Morgan fingerprint density at radius 3 is 2.46 bits per heavy atom. The van der Waals surface area contributed by atoms with Gasteiger partial charge < -0.3 is 10.1 Å². The Kier molecular flexibility index (Phi) is 4.89. The van der Waals surface area contributed by atoms with Gasteiger partial charge in [-0.05, 0) is 25.2 Å². The highest BCUT2D eigenvalue weighted by Gasteiger charge is 2.33. The molecule has 1 heterocycles. The maximum Gasteiger partial charge on any atom is 0.307 e. The van der Waals surface area contributed by atoms with E-state index in [0.29, 0.717) is 12.0 Å². The number of carbonyl (C=O) groups is 2. The number of hydrogen-bond donors (Lipinski definition) is 1. The molecular weight excluding hydrogens is 330 g/mol. The second kappa shape index (κ2) is 6.93. The van der Waals surface area contributed by atoms with Crippen LogP contribution in [0, 0.1) is 5.92 Å². The summed E-state index contributed by atoms with van der Waals surface area (Å²) in [6, 6.07) is 9.04. The number of nitrogens with one attached hydrogen (secondary N) is 1. The van der Waals surface area contributed by atoms with Gasteiger partial charge in [0.1, 0.15) is 0 Å². The molecule has 2 fully saturated rings. The van der Waals surface area contributed by atoms with Crippen molar-refractivity contribution >= 4 is 21.7 Å². The molecule has 1 N–H and O–H groups in total. The molecule has 0 aromatic heterocycles. The molecule has 130 valence electrons. The first-order valence-corrected chi connectivity index (χ1v) is 10.0. The van der Waals surface area contributed by atoms with Gasteiger partial charge in [-0.15, -0.1) is 0 Å². The normalized spacial score (nSPS) is 23.4. The molecule has 2 atom stereocenters. The van der Waals surface area contributed by atoms with Crippen molar-refractivity contribution in [2.24, 2.45) is 5.92 Å². The van der Waals surface area contributed by atoms with Crippen LogP contribution < -0.4 is 5.32 Å². The lowest BCUT2D eigenvalue weighted by Crippen LogP contribution is -2.33. The Bertz CT molecular complexity index is 712. The van der Waals surface area contributed by atoms with E-state index in [4.69, 9.17) is 4.74 Å². The fraction of sp³-hybridized carbons (Fsp3) is 0.529. The number of ether oxygens (including phenoxy) is 1. The van der Waals surface area contributed by atoms with Crippen LogP contribution in [0.25, 0.3) is 0 Å². The van der Waals surface area contributed by atoms with E-state index in [1.54, 1.807) is 24.3 Å². The van der Waals surface area contributed by atoms with Crippen molar-refractivity contribution in [1.29, 1.82) is 0 Å². The van der Waals surface area contributed by atoms with Crippen molar-refractivity contribution in [3.8, 4) is 0 Å². The molecule has 0 unspecified atom stereocenters. The third-order valence-electron chi connectivity index (χ3n) is 4.30. The van der Waals surface area contributed by atoms with Crippen molar-refractivity contribution in [3.63, 3.8) is 0 Å².